The van der Waals surface area contributed by atoms with Crippen molar-refractivity contribution >= 4 is 39.8 Å². The Balaban J connectivity index is 1.42. The molecule has 1 aromatic carbocycles. The topological polar surface area (TPSA) is 99.0 Å². The molecule has 10 heteroatoms. The van der Waals surface area contributed by atoms with E-state index in [4.69, 9.17) is 21.4 Å². The largest absolute Gasteiger partial charge is 0.381 e. The van der Waals surface area contributed by atoms with Crippen molar-refractivity contribution in [1.82, 2.24) is 19.7 Å². The highest BCUT2D eigenvalue weighted by atomic mass is 35.5. The van der Waals surface area contributed by atoms with Gasteiger partial charge in [-0.1, -0.05) is 22.9 Å². The lowest BCUT2D eigenvalue weighted by Crippen LogP contribution is -2.18. The van der Waals surface area contributed by atoms with E-state index in [1.807, 2.05) is 28.9 Å². The van der Waals surface area contributed by atoms with Crippen LogP contribution in [0.3, 0.4) is 0 Å². The first kappa shape index (κ1) is 24.9. The maximum absolute atomic E-state index is 13.0. The lowest BCUT2D eigenvalue weighted by molar-refractivity contribution is -0.114. The molecule has 3 aromatic heterocycles. The third-order valence-corrected chi connectivity index (χ3v) is 8.36. The molecule has 6 rings (SSSR count). The minimum absolute atomic E-state index is 0.0913. The second kappa shape index (κ2) is 10.4. The number of ether oxygens (including phenoxy) is 1. The molecule has 1 fully saturated rings. The molecule has 194 valence electrons. The first-order valence-corrected chi connectivity index (χ1v) is 13.9. The molecule has 0 unspecified atom stereocenters. The fourth-order valence-electron chi connectivity index (χ4n) is 5.17. The van der Waals surface area contributed by atoms with Crippen LogP contribution < -0.4 is 5.32 Å². The van der Waals surface area contributed by atoms with Crippen molar-refractivity contribution in [3.63, 3.8) is 0 Å². The third kappa shape index (κ3) is 4.77. The quantitative estimate of drug-likeness (QED) is 0.308. The minimum atomic E-state index is -0.162. The normalized spacial score (nSPS) is 15.1. The molecule has 2 aliphatic rings. The van der Waals surface area contributed by atoms with Gasteiger partial charge in [-0.3, -0.25) is 14.6 Å². The maximum atomic E-state index is 13.0. The molecule has 0 atom stereocenters. The maximum Gasteiger partial charge on any atom is 0.223 e. The number of nitrogens with one attached hydrogen (secondary N) is 1. The zero-order valence-electron chi connectivity index (χ0n) is 20.9. The summed E-state index contributed by atoms with van der Waals surface area (Å²) >= 11 is 8.27. The van der Waals surface area contributed by atoms with Crippen LogP contribution in [0.15, 0.2) is 42.7 Å². The summed E-state index contributed by atoms with van der Waals surface area (Å²) in [5.74, 6) is 0.274. The summed E-state index contributed by atoms with van der Waals surface area (Å²) in [5, 5.41) is 8.84. The number of aromatic nitrogens is 4. The number of ketones is 1. The molecule has 1 aliphatic heterocycles. The van der Waals surface area contributed by atoms with E-state index in [9.17, 15) is 9.59 Å². The molecule has 0 saturated carbocycles. The Kier molecular flexibility index (Phi) is 6.82. The molecular weight excluding hydrogens is 522 g/mol. The van der Waals surface area contributed by atoms with E-state index in [1.165, 1.54) is 18.3 Å². The van der Waals surface area contributed by atoms with Gasteiger partial charge < -0.3 is 10.1 Å². The minimum Gasteiger partial charge on any atom is -0.381 e. The molecule has 8 nitrogen and oxygen atoms in total. The summed E-state index contributed by atoms with van der Waals surface area (Å²) in [6, 6.07) is 9.33. The van der Waals surface area contributed by atoms with Gasteiger partial charge in [-0.15, -0.1) is 0 Å². The van der Waals surface area contributed by atoms with Gasteiger partial charge in [0, 0.05) is 55.6 Å². The van der Waals surface area contributed by atoms with Crippen molar-refractivity contribution < 1.29 is 14.3 Å². The number of hydrogen-bond donors (Lipinski definition) is 1. The van der Waals surface area contributed by atoms with Crippen molar-refractivity contribution in [2.75, 3.05) is 18.5 Å². The number of amides is 1. The predicted octanol–water partition coefficient (Wildman–Crippen LogP) is 5.77. The Morgan fingerprint density at radius 2 is 2.05 bits per heavy atom. The first-order valence-electron chi connectivity index (χ1n) is 12.7. The predicted molar refractivity (Wildman–Crippen MR) is 147 cm³/mol. The number of Topliss-reactive ketones (excluding diaryl/α,β-unsaturated/α-hetero) is 1. The zero-order chi connectivity index (χ0) is 26.2. The average Bonchev–Trinajstić information content (AvgIpc) is 3.50. The van der Waals surface area contributed by atoms with Crippen molar-refractivity contribution in [1.29, 1.82) is 0 Å². The van der Waals surface area contributed by atoms with Crippen molar-refractivity contribution in [3.8, 4) is 27.5 Å². The van der Waals surface area contributed by atoms with Crippen LogP contribution in [0.5, 0.6) is 0 Å². The number of carbonyl (C=O) groups excluding carboxylic acids is 2. The lowest BCUT2D eigenvalue weighted by atomic mass is 9.92. The molecule has 0 spiro atoms. The number of anilines is 1. The third-order valence-electron chi connectivity index (χ3n) is 7.04. The fourth-order valence-corrected chi connectivity index (χ4v) is 6.54. The van der Waals surface area contributed by atoms with Crippen LogP contribution in [0.25, 0.3) is 27.5 Å². The summed E-state index contributed by atoms with van der Waals surface area (Å²) in [6.07, 6.45) is 7.34. The molecule has 0 radical (unpaired) electrons. The Labute approximate surface area is 229 Å². The first-order chi connectivity index (χ1) is 18.5. The summed E-state index contributed by atoms with van der Waals surface area (Å²) in [6.45, 7) is 2.90. The zero-order valence-corrected chi connectivity index (χ0v) is 22.4. The molecular formula is C28H26ClN5O3S. The highest BCUT2D eigenvalue weighted by Gasteiger charge is 2.30. The van der Waals surface area contributed by atoms with Gasteiger partial charge in [-0.05, 0) is 61.9 Å². The highest BCUT2D eigenvalue weighted by Crippen LogP contribution is 2.44. The van der Waals surface area contributed by atoms with E-state index in [2.05, 4.69) is 15.3 Å². The van der Waals surface area contributed by atoms with Gasteiger partial charge in [0.15, 0.2) is 10.9 Å². The Bertz CT molecular complexity index is 1520. The van der Waals surface area contributed by atoms with Gasteiger partial charge in [0.05, 0.1) is 32.7 Å². The lowest BCUT2D eigenvalue weighted by Gasteiger charge is -2.21. The summed E-state index contributed by atoms with van der Waals surface area (Å²) in [7, 11) is 0. The smallest absolute Gasteiger partial charge is 0.223 e. The molecule has 1 amide bonds. The average molecular weight is 548 g/mol. The summed E-state index contributed by atoms with van der Waals surface area (Å²) in [5.41, 5.74) is 5.94. The van der Waals surface area contributed by atoms with E-state index >= 15 is 0 Å². The number of nitrogens with zero attached hydrogens (tertiary/aromatic N) is 4. The van der Waals surface area contributed by atoms with Crippen LogP contribution >= 0.6 is 22.9 Å². The van der Waals surface area contributed by atoms with Crippen LogP contribution in [0, 0.1) is 5.92 Å². The van der Waals surface area contributed by atoms with Crippen molar-refractivity contribution in [2.24, 2.45) is 5.92 Å². The second-order valence-corrected chi connectivity index (χ2v) is 11.1. The molecule has 38 heavy (non-hydrogen) atoms. The number of halogens is 1. The number of carbonyl (C=O) groups is 2. The van der Waals surface area contributed by atoms with Gasteiger partial charge >= 0.3 is 0 Å². The van der Waals surface area contributed by atoms with E-state index in [-0.39, 0.29) is 11.7 Å². The van der Waals surface area contributed by atoms with E-state index in [0.717, 1.165) is 58.8 Å². The number of aryl methyl sites for hydroxylation is 1. The summed E-state index contributed by atoms with van der Waals surface area (Å²) < 4.78 is 7.27. The molecule has 1 aliphatic carbocycles. The molecule has 0 bridgehead atoms. The monoisotopic (exact) mass is 547 g/mol. The molecule has 1 N–H and O–H groups in total. The van der Waals surface area contributed by atoms with Crippen LogP contribution in [0.1, 0.15) is 47.8 Å². The summed E-state index contributed by atoms with van der Waals surface area (Å²) in [4.78, 5) is 34.6. The fraction of sp³-hybridized carbons (Fsp3) is 0.321. The van der Waals surface area contributed by atoms with E-state index in [1.54, 1.807) is 18.5 Å². The van der Waals surface area contributed by atoms with Crippen LogP contribution in [-0.4, -0.2) is 44.7 Å². The van der Waals surface area contributed by atoms with E-state index < -0.39 is 0 Å². The van der Waals surface area contributed by atoms with Gasteiger partial charge in [-0.2, -0.15) is 5.10 Å². The second-order valence-electron chi connectivity index (χ2n) is 9.65. The highest BCUT2D eigenvalue weighted by molar-refractivity contribution is 7.19. The Morgan fingerprint density at radius 3 is 2.79 bits per heavy atom. The standard InChI is InChI=1S/C28H26ClN5O3S/c1-16(35)31-28-32-22-6-5-20-25(19-3-2-10-30-15-19)33-34(26(20)27(22)38-28)23-7-4-18(14-21(23)29)24(36)13-17-8-11-37-12-9-17/h2-4,7,10,14-15,17H,5-6,8-9,11-13H2,1H3,(H,31,32,35). The number of rotatable bonds is 6. The number of pyridine rings is 1. The van der Waals surface area contributed by atoms with Crippen LogP contribution in [0.4, 0.5) is 5.13 Å². The number of benzene rings is 1. The number of fused-ring (bicyclic) bond motifs is 3. The van der Waals surface area contributed by atoms with Crippen molar-refractivity contribution in [3.05, 3.63) is 64.6 Å². The Morgan fingerprint density at radius 1 is 1.21 bits per heavy atom. The Hall–Kier alpha value is -3.40. The SMILES string of the molecule is CC(=O)Nc1nc2c(s1)-c1c(c(-c3cccnc3)nn1-c1ccc(C(=O)CC3CCOCC3)cc1Cl)CC2. The molecule has 4 aromatic rings. The van der Waals surface area contributed by atoms with Gasteiger partial charge in [0.1, 0.15) is 0 Å². The number of thiazole rings is 1. The van der Waals surface area contributed by atoms with Gasteiger partial charge in [0.25, 0.3) is 0 Å². The van der Waals surface area contributed by atoms with Gasteiger partial charge in [-0.25, -0.2) is 9.67 Å². The molecule has 1 saturated heterocycles. The van der Waals surface area contributed by atoms with Crippen molar-refractivity contribution in [2.45, 2.75) is 39.0 Å². The van der Waals surface area contributed by atoms with Gasteiger partial charge in [0.2, 0.25) is 5.91 Å². The van der Waals surface area contributed by atoms with Crippen LogP contribution in [0.2, 0.25) is 5.02 Å². The van der Waals surface area contributed by atoms with Crippen LogP contribution in [-0.2, 0) is 22.4 Å². The number of hydrogen-bond acceptors (Lipinski definition) is 7. The van der Waals surface area contributed by atoms with E-state index in [0.29, 0.717) is 47.0 Å². The molecule has 4 heterocycles.